The highest BCUT2D eigenvalue weighted by Gasteiger charge is 2.11. The van der Waals surface area contributed by atoms with Crippen molar-refractivity contribution in [3.8, 4) is 0 Å². The number of hydrogen-bond donors (Lipinski definition) is 3. The normalized spacial score (nSPS) is 13.2. The molecule has 0 aliphatic rings. The van der Waals surface area contributed by atoms with Gasteiger partial charge in [0.15, 0.2) is 0 Å². The van der Waals surface area contributed by atoms with Gasteiger partial charge >= 0.3 is 0 Å². The van der Waals surface area contributed by atoms with Crippen LogP contribution in [0.1, 0.15) is 6.42 Å². The lowest BCUT2D eigenvalue weighted by Crippen LogP contribution is -2.27. The fourth-order valence-electron chi connectivity index (χ4n) is 1.68. The number of methoxy groups -OCH3 is 1. The Balaban J connectivity index is 2.76. The Morgan fingerprint density at radius 1 is 1.32 bits per heavy atom. The molecule has 0 aromatic heterocycles. The predicted octanol–water partition coefficient (Wildman–Crippen LogP) is 0.370. The van der Waals surface area contributed by atoms with Crippen LogP contribution in [0, 0.1) is 0 Å². The predicted molar refractivity (Wildman–Crippen MR) is 75.6 cm³/mol. The third kappa shape index (κ3) is 4.79. The van der Waals surface area contributed by atoms with Crippen LogP contribution in [0.3, 0.4) is 0 Å². The SMILES string of the molecule is CNS(=O)(=O)c1ccc(NC(CCN)COC)cc1. The highest BCUT2D eigenvalue weighted by Crippen LogP contribution is 2.15. The van der Waals surface area contributed by atoms with Crippen molar-refractivity contribution in [1.82, 2.24) is 4.72 Å². The molecule has 0 saturated heterocycles. The Kier molecular flexibility index (Phi) is 6.23. The topological polar surface area (TPSA) is 93.5 Å². The first kappa shape index (κ1) is 15.9. The summed E-state index contributed by atoms with van der Waals surface area (Å²) >= 11 is 0. The Morgan fingerprint density at radius 2 is 1.95 bits per heavy atom. The van der Waals surface area contributed by atoms with Gasteiger partial charge in [-0.3, -0.25) is 0 Å². The van der Waals surface area contributed by atoms with Crippen LogP contribution < -0.4 is 15.8 Å². The fourth-order valence-corrected chi connectivity index (χ4v) is 2.41. The molecule has 1 atom stereocenters. The average Bonchev–Trinajstić information content (AvgIpc) is 2.40. The summed E-state index contributed by atoms with van der Waals surface area (Å²) in [5.41, 5.74) is 6.37. The number of anilines is 1. The minimum atomic E-state index is -3.39. The minimum Gasteiger partial charge on any atom is -0.383 e. The molecule has 19 heavy (non-hydrogen) atoms. The summed E-state index contributed by atoms with van der Waals surface area (Å²) in [6.45, 7) is 1.11. The molecule has 0 aliphatic heterocycles. The van der Waals surface area contributed by atoms with E-state index >= 15 is 0 Å². The van der Waals surface area contributed by atoms with Crippen LogP contribution in [0.5, 0.6) is 0 Å². The number of sulfonamides is 1. The van der Waals surface area contributed by atoms with E-state index in [-0.39, 0.29) is 10.9 Å². The van der Waals surface area contributed by atoms with Crippen LogP contribution in [0.25, 0.3) is 0 Å². The van der Waals surface area contributed by atoms with Crippen molar-refractivity contribution in [2.24, 2.45) is 5.73 Å². The molecule has 0 spiro atoms. The molecule has 0 fully saturated rings. The van der Waals surface area contributed by atoms with Crippen LogP contribution in [-0.4, -0.2) is 41.8 Å². The first-order chi connectivity index (χ1) is 9.03. The Hall–Kier alpha value is -1.15. The van der Waals surface area contributed by atoms with Crippen molar-refractivity contribution >= 4 is 15.7 Å². The van der Waals surface area contributed by atoms with Gasteiger partial charge in [0.1, 0.15) is 0 Å². The van der Waals surface area contributed by atoms with Crippen molar-refractivity contribution in [2.45, 2.75) is 17.4 Å². The molecule has 108 valence electrons. The van der Waals surface area contributed by atoms with Crippen molar-refractivity contribution in [2.75, 3.05) is 32.6 Å². The van der Waals surface area contributed by atoms with E-state index in [9.17, 15) is 8.42 Å². The summed E-state index contributed by atoms with van der Waals surface area (Å²) < 4.78 is 30.5. The average molecular weight is 287 g/mol. The number of hydrogen-bond acceptors (Lipinski definition) is 5. The lowest BCUT2D eigenvalue weighted by Gasteiger charge is -2.18. The largest absolute Gasteiger partial charge is 0.383 e. The number of nitrogens with one attached hydrogen (secondary N) is 2. The van der Waals surface area contributed by atoms with Crippen LogP contribution in [-0.2, 0) is 14.8 Å². The third-order valence-electron chi connectivity index (χ3n) is 2.69. The van der Waals surface area contributed by atoms with Crippen molar-refractivity contribution in [1.29, 1.82) is 0 Å². The van der Waals surface area contributed by atoms with Gasteiger partial charge in [0.05, 0.1) is 17.5 Å². The molecule has 0 aliphatic carbocycles. The summed E-state index contributed by atoms with van der Waals surface area (Å²) in [5, 5.41) is 3.26. The van der Waals surface area contributed by atoms with Gasteiger partial charge < -0.3 is 15.8 Å². The Morgan fingerprint density at radius 3 is 2.42 bits per heavy atom. The minimum absolute atomic E-state index is 0.113. The second-order valence-electron chi connectivity index (χ2n) is 4.11. The maximum atomic E-state index is 11.6. The van der Waals surface area contributed by atoms with Gasteiger partial charge in [-0.25, -0.2) is 13.1 Å². The van der Waals surface area contributed by atoms with Crippen molar-refractivity contribution < 1.29 is 13.2 Å². The van der Waals surface area contributed by atoms with E-state index in [0.717, 1.165) is 12.1 Å². The first-order valence-corrected chi connectivity index (χ1v) is 7.51. The third-order valence-corrected chi connectivity index (χ3v) is 4.12. The van der Waals surface area contributed by atoms with E-state index < -0.39 is 10.0 Å². The second kappa shape index (κ2) is 7.44. The van der Waals surface area contributed by atoms with Crippen molar-refractivity contribution in [3.63, 3.8) is 0 Å². The molecule has 0 heterocycles. The number of benzene rings is 1. The summed E-state index contributed by atoms with van der Waals surface area (Å²) in [5.74, 6) is 0. The van der Waals surface area contributed by atoms with Gasteiger partial charge in [0, 0.05) is 12.8 Å². The molecule has 4 N–H and O–H groups in total. The van der Waals surface area contributed by atoms with Crippen molar-refractivity contribution in [3.05, 3.63) is 24.3 Å². The zero-order valence-electron chi connectivity index (χ0n) is 11.2. The molecular formula is C12H21N3O3S. The molecule has 1 aromatic carbocycles. The molecule has 0 bridgehead atoms. The summed E-state index contributed by atoms with van der Waals surface area (Å²) in [7, 11) is -0.367. The number of ether oxygens (including phenoxy) is 1. The van der Waals surface area contributed by atoms with E-state index in [1.165, 1.54) is 7.05 Å². The van der Waals surface area contributed by atoms with Gasteiger partial charge in [0.2, 0.25) is 10.0 Å². The number of rotatable bonds is 8. The molecule has 1 aromatic rings. The summed E-state index contributed by atoms with van der Waals surface area (Å²) in [4.78, 5) is 0.239. The zero-order chi connectivity index (χ0) is 14.3. The highest BCUT2D eigenvalue weighted by atomic mass is 32.2. The van der Waals surface area contributed by atoms with E-state index in [1.54, 1.807) is 31.4 Å². The molecule has 1 rings (SSSR count). The van der Waals surface area contributed by atoms with Gasteiger partial charge in [-0.2, -0.15) is 0 Å². The lowest BCUT2D eigenvalue weighted by atomic mass is 10.2. The maximum Gasteiger partial charge on any atom is 0.240 e. The summed E-state index contributed by atoms with van der Waals surface area (Å²) in [6.07, 6.45) is 0.782. The first-order valence-electron chi connectivity index (χ1n) is 6.02. The lowest BCUT2D eigenvalue weighted by molar-refractivity contribution is 0.183. The zero-order valence-corrected chi connectivity index (χ0v) is 12.0. The molecule has 0 radical (unpaired) electrons. The molecule has 6 nitrogen and oxygen atoms in total. The van der Waals surface area contributed by atoms with Gasteiger partial charge in [-0.15, -0.1) is 0 Å². The molecule has 7 heteroatoms. The van der Waals surface area contributed by atoms with E-state index in [2.05, 4.69) is 10.0 Å². The molecular weight excluding hydrogens is 266 g/mol. The molecule has 0 saturated carbocycles. The Labute approximate surface area is 114 Å². The monoisotopic (exact) mass is 287 g/mol. The van der Waals surface area contributed by atoms with Gasteiger partial charge in [-0.1, -0.05) is 0 Å². The van der Waals surface area contributed by atoms with Crippen LogP contribution >= 0.6 is 0 Å². The van der Waals surface area contributed by atoms with E-state index in [0.29, 0.717) is 13.2 Å². The maximum absolute atomic E-state index is 11.6. The van der Waals surface area contributed by atoms with E-state index in [1.807, 2.05) is 0 Å². The second-order valence-corrected chi connectivity index (χ2v) is 5.99. The molecule has 1 unspecified atom stereocenters. The summed E-state index contributed by atoms with van der Waals surface area (Å²) in [6, 6.07) is 6.68. The van der Waals surface area contributed by atoms with E-state index in [4.69, 9.17) is 10.5 Å². The van der Waals surface area contributed by atoms with Gasteiger partial charge in [-0.05, 0) is 44.3 Å². The van der Waals surface area contributed by atoms with Crippen LogP contribution in [0.15, 0.2) is 29.2 Å². The highest BCUT2D eigenvalue weighted by molar-refractivity contribution is 7.89. The number of nitrogens with two attached hydrogens (primary N) is 1. The van der Waals surface area contributed by atoms with Crippen LogP contribution in [0.4, 0.5) is 5.69 Å². The standard InChI is InChI=1S/C12H21N3O3S/c1-14-19(16,17)12-5-3-10(4-6-12)15-11(7-8-13)9-18-2/h3-6,11,14-15H,7-9,13H2,1-2H3. The fraction of sp³-hybridized carbons (Fsp3) is 0.500. The smallest absolute Gasteiger partial charge is 0.240 e. The van der Waals surface area contributed by atoms with Gasteiger partial charge in [0.25, 0.3) is 0 Å². The molecule has 0 amide bonds. The van der Waals surface area contributed by atoms with Crippen LogP contribution in [0.2, 0.25) is 0 Å². The quantitative estimate of drug-likeness (QED) is 0.642. The Bertz CT molecular complexity index is 467.